The number of rotatable bonds is 2. The highest BCUT2D eigenvalue weighted by molar-refractivity contribution is 5.90. The second-order valence-electron chi connectivity index (χ2n) is 4.11. The van der Waals surface area contributed by atoms with Gasteiger partial charge in [0.25, 0.3) is 0 Å². The SMILES string of the molecule is CC(C)c1nc(C(F)(F)F)nc(C(F)(F)F)c1C(=O)O. The molecule has 4 nitrogen and oxygen atoms in total. The number of hydrogen-bond donors (Lipinski definition) is 1. The van der Waals surface area contributed by atoms with Crippen molar-refractivity contribution in [3.63, 3.8) is 0 Å². The molecule has 1 heterocycles. The van der Waals surface area contributed by atoms with E-state index in [1.165, 1.54) is 13.8 Å². The number of halogens is 6. The third-order valence-electron chi connectivity index (χ3n) is 2.22. The van der Waals surface area contributed by atoms with Crippen LogP contribution in [0, 0.1) is 0 Å². The molecule has 10 heteroatoms. The molecule has 0 fully saturated rings. The summed E-state index contributed by atoms with van der Waals surface area (Å²) in [5, 5.41) is 8.79. The van der Waals surface area contributed by atoms with Crippen molar-refractivity contribution < 1.29 is 36.2 Å². The summed E-state index contributed by atoms with van der Waals surface area (Å²) in [6.45, 7) is 2.46. The van der Waals surface area contributed by atoms with Crippen molar-refractivity contribution >= 4 is 5.97 Å². The van der Waals surface area contributed by atoms with Crippen molar-refractivity contribution in [2.45, 2.75) is 32.1 Å². The molecule has 1 aromatic rings. The van der Waals surface area contributed by atoms with Gasteiger partial charge in [0.1, 0.15) is 5.56 Å². The number of hydrogen-bond acceptors (Lipinski definition) is 3. The maximum Gasteiger partial charge on any atom is 0.451 e. The number of carboxylic acid groups (broad SMARTS) is 1. The van der Waals surface area contributed by atoms with Crippen LogP contribution in [0.4, 0.5) is 26.3 Å². The minimum absolute atomic E-state index is 0.813. The molecule has 0 spiro atoms. The highest BCUT2D eigenvalue weighted by Gasteiger charge is 2.44. The predicted octanol–water partition coefficient (Wildman–Crippen LogP) is 3.34. The van der Waals surface area contributed by atoms with Gasteiger partial charge in [0.05, 0.1) is 5.69 Å². The van der Waals surface area contributed by atoms with Crippen LogP contribution < -0.4 is 0 Å². The topological polar surface area (TPSA) is 63.1 Å². The molecule has 1 aromatic heterocycles. The van der Waals surface area contributed by atoms with Crippen molar-refractivity contribution in [3.8, 4) is 0 Å². The van der Waals surface area contributed by atoms with Crippen molar-refractivity contribution in [2.75, 3.05) is 0 Å². The highest BCUT2D eigenvalue weighted by atomic mass is 19.4. The zero-order valence-electron chi connectivity index (χ0n) is 10.1. The van der Waals surface area contributed by atoms with E-state index in [9.17, 15) is 31.1 Å². The summed E-state index contributed by atoms with van der Waals surface area (Å²) in [5.41, 5.74) is -4.27. The Morgan fingerprint density at radius 3 is 1.85 bits per heavy atom. The molecule has 0 aliphatic carbocycles. The Kier molecular flexibility index (Phi) is 3.97. The molecule has 112 valence electrons. The molecule has 0 saturated heterocycles. The zero-order chi connectivity index (χ0) is 15.9. The van der Waals surface area contributed by atoms with Gasteiger partial charge in [-0.2, -0.15) is 26.3 Å². The van der Waals surface area contributed by atoms with E-state index in [-0.39, 0.29) is 0 Å². The molecule has 0 aromatic carbocycles. The monoisotopic (exact) mass is 302 g/mol. The Hall–Kier alpha value is -1.87. The molecule has 0 amide bonds. The van der Waals surface area contributed by atoms with Gasteiger partial charge in [-0.1, -0.05) is 13.8 Å². The number of carboxylic acids is 1. The van der Waals surface area contributed by atoms with Crippen LogP contribution in [0.1, 0.15) is 47.3 Å². The molecule has 0 radical (unpaired) electrons. The van der Waals surface area contributed by atoms with E-state index in [4.69, 9.17) is 5.11 Å². The first-order valence-corrected chi connectivity index (χ1v) is 5.15. The average molecular weight is 302 g/mol. The fraction of sp³-hybridized carbons (Fsp3) is 0.500. The molecule has 1 N–H and O–H groups in total. The van der Waals surface area contributed by atoms with E-state index < -0.39 is 47.0 Å². The Labute approximate surface area is 108 Å². The molecule has 20 heavy (non-hydrogen) atoms. The van der Waals surface area contributed by atoms with Gasteiger partial charge >= 0.3 is 18.3 Å². The third-order valence-corrected chi connectivity index (χ3v) is 2.22. The van der Waals surface area contributed by atoms with Crippen molar-refractivity contribution in [1.82, 2.24) is 9.97 Å². The Balaban J connectivity index is 3.79. The summed E-state index contributed by atoms with van der Waals surface area (Å²) in [6.07, 6.45) is -10.5. The smallest absolute Gasteiger partial charge is 0.451 e. The van der Waals surface area contributed by atoms with Crippen LogP contribution in [0.25, 0.3) is 0 Å². The summed E-state index contributed by atoms with van der Waals surface area (Å²) >= 11 is 0. The molecule has 0 aliphatic rings. The lowest BCUT2D eigenvalue weighted by Crippen LogP contribution is -2.24. The number of carbonyl (C=O) groups is 1. The molecule has 0 atom stereocenters. The lowest BCUT2D eigenvalue weighted by atomic mass is 10.0. The maximum absolute atomic E-state index is 12.7. The van der Waals surface area contributed by atoms with Gasteiger partial charge in [0.15, 0.2) is 5.69 Å². The van der Waals surface area contributed by atoms with E-state index in [0.717, 1.165) is 0 Å². The van der Waals surface area contributed by atoms with Gasteiger partial charge in [-0.25, -0.2) is 14.8 Å². The van der Waals surface area contributed by atoms with Crippen molar-refractivity contribution in [3.05, 3.63) is 22.8 Å². The predicted molar refractivity (Wildman–Crippen MR) is 53.1 cm³/mol. The van der Waals surface area contributed by atoms with Crippen LogP contribution in [-0.2, 0) is 12.4 Å². The Morgan fingerprint density at radius 1 is 1.05 bits per heavy atom. The summed E-state index contributed by atoms with van der Waals surface area (Å²) in [5.74, 6) is -5.00. The number of alkyl halides is 6. The fourth-order valence-electron chi connectivity index (χ4n) is 1.44. The number of nitrogens with zero attached hydrogens (tertiary/aromatic N) is 2. The van der Waals surface area contributed by atoms with Gasteiger partial charge in [-0.05, 0) is 5.92 Å². The van der Waals surface area contributed by atoms with E-state index in [0.29, 0.717) is 0 Å². The van der Waals surface area contributed by atoms with Gasteiger partial charge in [0.2, 0.25) is 5.82 Å². The standard InChI is InChI=1S/C10H8F6N2O2/c1-3(2)5-4(7(19)20)6(9(11,12)13)18-8(17-5)10(14,15)16/h3H,1-2H3,(H,19,20). The molecular weight excluding hydrogens is 294 g/mol. The molecule has 0 bridgehead atoms. The van der Waals surface area contributed by atoms with Crippen LogP contribution >= 0.6 is 0 Å². The van der Waals surface area contributed by atoms with Gasteiger partial charge < -0.3 is 5.11 Å². The van der Waals surface area contributed by atoms with Crippen molar-refractivity contribution in [1.29, 1.82) is 0 Å². The average Bonchev–Trinajstić information content (AvgIpc) is 2.24. The summed E-state index contributed by atoms with van der Waals surface area (Å²) in [7, 11) is 0. The quantitative estimate of drug-likeness (QED) is 0.851. The summed E-state index contributed by atoms with van der Waals surface area (Å²) in [4.78, 5) is 16.2. The van der Waals surface area contributed by atoms with Crippen LogP contribution in [-0.4, -0.2) is 21.0 Å². The first-order valence-electron chi connectivity index (χ1n) is 5.15. The highest BCUT2D eigenvalue weighted by Crippen LogP contribution is 2.36. The van der Waals surface area contributed by atoms with Crippen LogP contribution in [0.3, 0.4) is 0 Å². The fourth-order valence-corrected chi connectivity index (χ4v) is 1.44. The lowest BCUT2D eigenvalue weighted by molar-refractivity contribution is -0.153. The second-order valence-corrected chi connectivity index (χ2v) is 4.11. The Bertz CT molecular complexity index is 536. The maximum atomic E-state index is 12.7. The minimum Gasteiger partial charge on any atom is -0.478 e. The third kappa shape index (κ3) is 3.17. The van der Waals surface area contributed by atoms with Gasteiger partial charge in [-0.15, -0.1) is 0 Å². The zero-order valence-corrected chi connectivity index (χ0v) is 10.1. The normalized spacial score (nSPS) is 12.8. The largest absolute Gasteiger partial charge is 0.478 e. The van der Waals surface area contributed by atoms with Crippen LogP contribution in [0.5, 0.6) is 0 Å². The first kappa shape index (κ1) is 16.2. The Morgan fingerprint density at radius 2 is 1.55 bits per heavy atom. The van der Waals surface area contributed by atoms with Crippen molar-refractivity contribution in [2.24, 2.45) is 0 Å². The van der Waals surface area contributed by atoms with E-state index in [2.05, 4.69) is 9.97 Å². The lowest BCUT2D eigenvalue weighted by Gasteiger charge is -2.17. The number of aromatic nitrogens is 2. The van der Waals surface area contributed by atoms with E-state index in [1.807, 2.05) is 0 Å². The summed E-state index contributed by atoms with van der Waals surface area (Å²) < 4.78 is 75.6. The second kappa shape index (κ2) is 4.91. The molecule has 0 aliphatic heterocycles. The molecule has 0 unspecified atom stereocenters. The van der Waals surface area contributed by atoms with E-state index >= 15 is 0 Å². The van der Waals surface area contributed by atoms with Crippen LogP contribution in [0.2, 0.25) is 0 Å². The molecule has 0 saturated carbocycles. The van der Waals surface area contributed by atoms with E-state index in [1.54, 1.807) is 0 Å². The minimum atomic E-state index is -5.33. The molecular formula is C10H8F6N2O2. The van der Waals surface area contributed by atoms with Crippen LogP contribution in [0.15, 0.2) is 0 Å². The van der Waals surface area contributed by atoms with Gasteiger partial charge in [-0.3, -0.25) is 0 Å². The van der Waals surface area contributed by atoms with Gasteiger partial charge in [0, 0.05) is 0 Å². The first-order chi connectivity index (χ1) is 8.85. The number of aromatic carboxylic acids is 1. The summed E-state index contributed by atoms with van der Waals surface area (Å²) in [6, 6.07) is 0. The molecule has 1 rings (SSSR count).